The van der Waals surface area contributed by atoms with Gasteiger partial charge in [0.15, 0.2) is 0 Å². The van der Waals surface area contributed by atoms with Crippen LogP contribution in [0, 0.1) is 0 Å². The molecule has 74 valence electrons. The number of carbonyl (C=O) groups is 1. The quantitative estimate of drug-likeness (QED) is 0.523. The van der Waals surface area contributed by atoms with Crippen molar-refractivity contribution in [2.24, 2.45) is 5.73 Å². The minimum absolute atomic E-state index is 0.0114. The molecule has 0 saturated heterocycles. The molecule has 0 aliphatic carbocycles. The summed E-state index contributed by atoms with van der Waals surface area (Å²) in [6.45, 7) is -0.0114. The van der Waals surface area contributed by atoms with E-state index < -0.39 is 17.7 Å². The van der Waals surface area contributed by atoms with Gasteiger partial charge in [-0.05, 0) is 0 Å². The number of alkyl halides is 3. The molecule has 0 aromatic rings. The van der Waals surface area contributed by atoms with Crippen LogP contribution >= 0.6 is 0 Å². The first-order chi connectivity index (χ1) is 5.87. The highest BCUT2D eigenvalue weighted by Crippen LogP contribution is 2.19. The Labute approximate surface area is 72.3 Å². The third kappa shape index (κ3) is 5.92. The Morgan fingerprint density at radius 2 is 2.00 bits per heavy atom. The van der Waals surface area contributed by atoms with E-state index in [1.165, 1.54) is 0 Å². The van der Waals surface area contributed by atoms with Crippen molar-refractivity contribution >= 4 is 5.97 Å². The van der Waals surface area contributed by atoms with Gasteiger partial charge < -0.3 is 10.8 Å². The molecule has 0 fully saturated rings. The summed E-state index contributed by atoms with van der Waals surface area (Å²) in [5, 5.41) is 8.30. The monoisotopic (exact) mass is 195 g/mol. The van der Waals surface area contributed by atoms with Crippen molar-refractivity contribution in [2.45, 2.75) is 6.18 Å². The molecule has 0 spiro atoms. The van der Waals surface area contributed by atoms with Crippen LogP contribution in [-0.4, -0.2) is 23.8 Å². The topological polar surface area (TPSA) is 63.3 Å². The SMILES string of the molecule is NC/C=C\C(=CC(F)(F)F)C(=O)O. The van der Waals surface area contributed by atoms with Crippen LogP contribution in [0.15, 0.2) is 23.8 Å². The number of hydrogen-bond acceptors (Lipinski definition) is 2. The molecule has 0 atom stereocenters. The fourth-order valence-corrected chi connectivity index (χ4v) is 0.552. The number of carboxylic acid groups (broad SMARTS) is 1. The number of rotatable bonds is 3. The van der Waals surface area contributed by atoms with Crippen molar-refractivity contribution in [2.75, 3.05) is 6.54 Å². The zero-order valence-electron chi connectivity index (χ0n) is 6.51. The summed E-state index contributed by atoms with van der Waals surface area (Å²) >= 11 is 0. The van der Waals surface area contributed by atoms with Crippen molar-refractivity contribution in [1.29, 1.82) is 0 Å². The summed E-state index contributed by atoms with van der Waals surface area (Å²) in [5.74, 6) is -1.64. The lowest BCUT2D eigenvalue weighted by atomic mass is 10.2. The zero-order valence-corrected chi connectivity index (χ0v) is 6.51. The molecule has 0 aliphatic heterocycles. The van der Waals surface area contributed by atoms with Crippen LogP contribution in [0.25, 0.3) is 0 Å². The fourth-order valence-electron chi connectivity index (χ4n) is 0.552. The maximum atomic E-state index is 11.7. The molecule has 0 aromatic heterocycles. The van der Waals surface area contributed by atoms with Gasteiger partial charge >= 0.3 is 12.1 Å². The Bertz CT molecular complexity index is 243. The molecular formula is C7H8F3NO2. The molecule has 0 aliphatic rings. The first-order valence-electron chi connectivity index (χ1n) is 3.26. The Kier molecular flexibility index (Phi) is 4.19. The van der Waals surface area contributed by atoms with Crippen molar-refractivity contribution in [3.63, 3.8) is 0 Å². The van der Waals surface area contributed by atoms with Gasteiger partial charge in [0.1, 0.15) is 0 Å². The van der Waals surface area contributed by atoms with E-state index in [-0.39, 0.29) is 12.6 Å². The van der Waals surface area contributed by atoms with Gasteiger partial charge in [-0.15, -0.1) is 0 Å². The molecule has 0 bridgehead atoms. The predicted molar refractivity (Wildman–Crippen MR) is 40.0 cm³/mol. The van der Waals surface area contributed by atoms with E-state index in [0.29, 0.717) is 0 Å². The fraction of sp³-hybridized carbons (Fsp3) is 0.286. The standard InChI is InChI=1S/C7H8F3NO2/c8-7(9,10)4-5(6(12)13)2-1-3-11/h1-2,4H,3,11H2,(H,12,13)/b2-1-,5-4?. The van der Waals surface area contributed by atoms with E-state index in [1.807, 2.05) is 0 Å². The summed E-state index contributed by atoms with van der Waals surface area (Å²) in [6.07, 6.45) is -2.98. The summed E-state index contributed by atoms with van der Waals surface area (Å²) in [7, 11) is 0. The molecular weight excluding hydrogens is 187 g/mol. The highest BCUT2D eigenvalue weighted by atomic mass is 19.4. The van der Waals surface area contributed by atoms with Gasteiger partial charge in [0, 0.05) is 12.6 Å². The molecule has 3 nitrogen and oxygen atoms in total. The average Bonchev–Trinajstić information content (AvgIpc) is 1.95. The van der Waals surface area contributed by atoms with E-state index in [1.54, 1.807) is 0 Å². The Morgan fingerprint density at radius 3 is 2.31 bits per heavy atom. The van der Waals surface area contributed by atoms with Crippen molar-refractivity contribution in [3.8, 4) is 0 Å². The van der Waals surface area contributed by atoms with Crippen LogP contribution < -0.4 is 5.73 Å². The third-order valence-electron chi connectivity index (χ3n) is 1.000. The summed E-state index contributed by atoms with van der Waals surface area (Å²) in [6, 6.07) is 0. The Morgan fingerprint density at radius 1 is 1.46 bits per heavy atom. The predicted octanol–water partition coefficient (Wildman–Crippen LogP) is 1.07. The van der Waals surface area contributed by atoms with E-state index in [2.05, 4.69) is 0 Å². The van der Waals surface area contributed by atoms with Gasteiger partial charge in [-0.2, -0.15) is 13.2 Å². The molecule has 0 heterocycles. The van der Waals surface area contributed by atoms with Crippen LogP contribution in [0.5, 0.6) is 0 Å². The second-order valence-corrected chi connectivity index (χ2v) is 2.08. The molecule has 6 heteroatoms. The molecule has 0 amide bonds. The van der Waals surface area contributed by atoms with E-state index in [0.717, 1.165) is 12.2 Å². The maximum Gasteiger partial charge on any atom is 0.410 e. The Balaban J connectivity index is 4.71. The number of carboxylic acids is 1. The largest absolute Gasteiger partial charge is 0.478 e. The third-order valence-corrected chi connectivity index (χ3v) is 1.000. The molecule has 0 aromatic carbocycles. The Hall–Kier alpha value is -1.30. The van der Waals surface area contributed by atoms with E-state index >= 15 is 0 Å². The first-order valence-corrected chi connectivity index (χ1v) is 3.26. The number of allylic oxidation sites excluding steroid dienone is 1. The number of halogens is 3. The van der Waals surface area contributed by atoms with E-state index in [9.17, 15) is 18.0 Å². The van der Waals surface area contributed by atoms with Crippen LogP contribution in [0.2, 0.25) is 0 Å². The molecule has 0 unspecified atom stereocenters. The lowest BCUT2D eigenvalue weighted by Gasteiger charge is -2.00. The number of aliphatic carboxylic acids is 1. The van der Waals surface area contributed by atoms with Crippen LogP contribution in [0.3, 0.4) is 0 Å². The van der Waals surface area contributed by atoms with Crippen LogP contribution in [0.1, 0.15) is 0 Å². The second kappa shape index (κ2) is 4.66. The second-order valence-electron chi connectivity index (χ2n) is 2.08. The number of nitrogens with two attached hydrogens (primary N) is 1. The highest BCUT2D eigenvalue weighted by molar-refractivity contribution is 5.89. The van der Waals surface area contributed by atoms with Gasteiger partial charge in [-0.3, -0.25) is 0 Å². The van der Waals surface area contributed by atoms with Crippen molar-refractivity contribution < 1.29 is 23.1 Å². The molecule has 0 rings (SSSR count). The molecule has 0 saturated carbocycles. The summed E-state index contributed by atoms with van der Waals surface area (Å²) < 4.78 is 35.1. The normalized spacial score (nSPS) is 13.7. The molecule has 13 heavy (non-hydrogen) atoms. The minimum atomic E-state index is -4.63. The van der Waals surface area contributed by atoms with Crippen molar-refractivity contribution in [3.05, 3.63) is 23.8 Å². The smallest absolute Gasteiger partial charge is 0.410 e. The lowest BCUT2D eigenvalue weighted by Crippen LogP contribution is -2.08. The van der Waals surface area contributed by atoms with Gasteiger partial charge in [0.2, 0.25) is 0 Å². The van der Waals surface area contributed by atoms with Gasteiger partial charge in [0.25, 0.3) is 0 Å². The van der Waals surface area contributed by atoms with E-state index in [4.69, 9.17) is 10.8 Å². The zero-order chi connectivity index (χ0) is 10.5. The number of hydrogen-bond donors (Lipinski definition) is 2. The summed E-state index contributed by atoms with van der Waals surface area (Å²) in [5.41, 5.74) is 4.12. The summed E-state index contributed by atoms with van der Waals surface area (Å²) in [4.78, 5) is 10.2. The van der Waals surface area contributed by atoms with Crippen molar-refractivity contribution in [1.82, 2.24) is 0 Å². The lowest BCUT2D eigenvalue weighted by molar-refractivity contribution is -0.133. The van der Waals surface area contributed by atoms with Crippen LogP contribution in [-0.2, 0) is 4.79 Å². The maximum absolute atomic E-state index is 11.7. The van der Waals surface area contributed by atoms with Gasteiger partial charge in [0.05, 0.1) is 5.57 Å². The highest BCUT2D eigenvalue weighted by Gasteiger charge is 2.25. The molecule has 0 radical (unpaired) electrons. The van der Waals surface area contributed by atoms with Gasteiger partial charge in [-0.25, -0.2) is 4.79 Å². The molecule has 3 N–H and O–H groups in total. The van der Waals surface area contributed by atoms with Crippen LogP contribution in [0.4, 0.5) is 13.2 Å². The minimum Gasteiger partial charge on any atom is -0.478 e. The first kappa shape index (κ1) is 11.7. The average molecular weight is 195 g/mol. The van der Waals surface area contributed by atoms with Gasteiger partial charge in [-0.1, -0.05) is 12.2 Å².